The van der Waals surface area contributed by atoms with E-state index in [9.17, 15) is 9.59 Å². The Morgan fingerprint density at radius 3 is 2.61 bits per heavy atom. The number of carbonyl (C=O) groups is 2. The van der Waals surface area contributed by atoms with E-state index in [1.165, 1.54) is 11.3 Å². The van der Waals surface area contributed by atoms with Gasteiger partial charge >= 0.3 is 0 Å². The molecule has 2 aromatic carbocycles. The number of nitrogens with zero attached hydrogens (tertiary/aromatic N) is 1. The first-order chi connectivity index (χ1) is 13.5. The summed E-state index contributed by atoms with van der Waals surface area (Å²) in [6.45, 7) is 2.05. The van der Waals surface area contributed by atoms with Crippen molar-refractivity contribution in [3.63, 3.8) is 0 Å². The Kier molecular flexibility index (Phi) is 6.78. The number of aromatic nitrogens is 1. The predicted octanol–water partition coefficient (Wildman–Crippen LogP) is 4.16. The van der Waals surface area contributed by atoms with Crippen molar-refractivity contribution in [2.24, 2.45) is 0 Å². The Hall–Kier alpha value is -2.71. The summed E-state index contributed by atoms with van der Waals surface area (Å²) in [6, 6.07) is 14.0. The second-order valence-corrected chi connectivity index (χ2v) is 7.76. The van der Waals surface area contributed by atoms with Crippen LogP contribution in [0.3, 0.4) is 0 Å². The van der Waals surface area contributed by atoms with Gasteiger partial charge in [-0.05, 0) is 43.3 Å². The summed E-state index contributed by atoms with van der Waals surface area (Å²) in [5.74, 6) is -0.242. The highest BCUT2D eigenvalue weighted by molar-refractivity contribution is 9.10. The summed E-state index contributed by atoms with van der Waals surface area (Å²) in [7, 11) is 0. The van der Waals surface area contributed by atoms with Crippen LogP contribution >= 0.6 is 27.3 Å². The van der Waals surface area contributed by atoms with E-state index in [0.717, 1.165) is 15.2 Å². The second-order valence-electron chi connectivity index (χ2n) is 5.91. The first-order valence-corrected chi connectivity index (χ1v) is 10.1. The molecular formula is C20H18BrN3O3S. The maximum absolute atomic E-state index is 12.5. The minimum absolute atomic E-state index is 0.202. The fourth-order valence-corrected chi connectivity index (χ4v) is 3.36. The minimum atomic E-state index is -0.309. The fraction of sp³-hybridized carbons (Fsp3) is 0.150. The predicted molar refractivity (Wildman–Crippen MR) is 113 cm³/mol. The summed E-state index contributed by atoms with van der Waals surface area (Å²) in [5, 5.41) is 8.34. The number of anilines is 1. The van der Waals surface area contributed by atoms with Crippen molar-refractivity contribution in [3.8, 4) is 5.75 Å². The number of nitrogens with one attached hydrogen (secondary N) is 2. The maximum atomic E-state index is 12.5. The number of ether oxygens (including phenoxy) is 1. The molecule has 0 aliphatic rings. The number of para-hydroxylation sites is 1. The van der Waals surface area contributed by atoms with Gasteiger partial charge in [-0.15, -0.1) is 11.3 Å². The summed E-state index contributed by atoms with van der Waals surface area (Å²) in [6.07, 6.45) is 0. The van der Waals surface area contributed by atoms with Gasteiger partial charge in [-0.25, -0.2) is 4.98 Å². The summed E-state index contributed by atoms with van der Waals surface area (Å²) >= 11 is 4.84. The van der Waals surface area contributed by atoms with Gasteiger partial charge < -0.3 is 15.4 Å². The molecule has 0 aliphatic carbocycles. The molecule has 3 rings (SSSR count). The SMILES string of the molecule is Cc1csc(CNC(=O)c2ccccc2OCC(=O)Nc2ccc(Br)cc2)n1. The molecule has 2 amide bonds. The highest BCUT2D eigenvalue weighted by atomic mass is 79.9. The van der Waals surface area contributed by atoms with Gasteiger partial charge in [0.1, 0.15) is 10.8 Å². The topological polar surface area (TPSA) is 80.3 Å². The quantitative estimate of drug-likeness (QED) is 0.555. The zero-order valence-corrected chi connectivity index (χ0v) is 17.5. The smallest absolute Gasteiger partial charge is 0.262 e. The van der Waals surface area contributed by atoms with E-state index in [1.807, 2.05) is 24.4 Å². The van der Waals surface area contributed by atoms with Crippen LogP contribution in [0.5, 0.6) is 5.75 Å². The Morgan fingerprint density at radius 2 is 1.89 bits per heavy atom. The van der Waals surface area contributed by atoms with Gasteiger partial charge in [-0.3, -0.25) is 9.59 Å². The van der Waals surface area contributed by atoms with Crippen LogP contribution in [0.4, 0.5) is 5.69 Å². The fourth-order valence-electron chi connectivity index (χ4n) is 2.39. The van der Waals surface area contributed by atoms with Crippen LogP contribution in [-0.4, -0.2) is 23.4 Å². The molecule has 0 saturated carbocycles. The van der Waals surface area contributed by atoms with E-state index in [4.69, 9.17) is 4.74 Å². The molecule has 0 atom stereocenters. The number of carbonyl (C=O) groups excluding carboxylic acids is 2. The Balaban J connectivity index is 1.57. The third kappa shape index (κ3) is 5.64. The molecule has 0 unspecified atom stereocenters. The number of hydrogen-bond acceptors (Lipinski definition) is 5. The van der Waals surface area contributed by atoms with Crippen molar-refractivity contribution in [1.82, 2.24) is 10.3 Å². The van der Waals surface area contributed by atoms with Gasteiger partial charge in [-0.1, -0.05) is 28.1 Å². The van der Waals surface area contributed by atoms with Gasteiger partial charge in [-0.2, -0.15) is 0 Å². The number of rotatable bonds is 7. The summed E-state index contributed by atoms with van der Waals surface area (Å²) in [4.78, 5) is 28.9. The lowest BCUT2D eigenvalue weighted by atomic mass is 10.2. The molecule has 3 aromatic rings. The van der Waals surface area contributed by atoms with E-state index in [-0.39, 0.29) is 18.4 Å². The number of amides is 2. The lowest BCUT2D eigenvalue weighted by molar-refractivity contribution is -0.118. The van der Waals surface area contributed by atoms with E-state index >= 15 is 0 Å². The number of hydrogen-bond donors (Lipinski definition) is 2. The molecule has 0 aliphatic heterocycles. The summed E-state index contributed by atoms with van der Waals surface area (Å²) < 4.78 is 6.50. The standard InChI is InChI=1S/C20H18BrN3O3S/c1-13-12-28-19(23-13)10-22-20(26)16-4-2-3-5-17(16)27-11-18(25)24-15-8-6-14(21)7-9-15/h2-9,12H,10-11H2,1H3,(H,22,26)(H,24,25). The average Bonchev–Trinajstić information content (AvgIpc) is 3.12. The van der Waals surface area contributed by atoms with Crippen LogP contribution in [0.2, 0.25) is 0 Å². The Morgan fingerprint density at radius 1 is 1.14 bits per heavy atom. The molecule has 1 heterocycles. The van der Waals surface area contributed by atoms with Gasteiger partial charge in [0.05, 0.1) is 12.1 Å². The van der Waals surface area contributed by atoms with Crippen molar-refractivity contribution in [3.05, 3.63) is 74.6 Å². The zero-order chi connectivity index (χ0) is 19.9. The molecule has 0 radical (unpaired) electrons. The van der Waals surface area contributed by atoms with Gasteiger partial charge in [0.25, 0.3) is 11.8 Å². The van der Waals surface area contributed by atoms with E-state index in [0.29, 0.717) is 23.5 Å². The van der Waals surface area contributed by atoms with Crippen molar-refractivity contribution >= 4 is 44.8 Å². The van der Waals surface area contributed by atoms with Crippen molar-refractivity contribution < 1.29 is 14.3 Å². The van der Waals surface area contributed by atoms with Crippen LogP contribution < -0.4 is 15.4 Å². The lowest BCUT2D eigenvalue weighted by Gasteiger charge is -2.11. The summed E-state index contributed by atoms with van der Waals surface area (Å²) in [5.41, 5.74) is 1.96. The molecule has 0 spiro atoms. The minimum Gasteiger partial charge on any atom is -0.483 e. The normalized spacial score (nSPS) is 10.4. The third-order valence-corrected chi connectivity index (χ3v) is 5.18. The molecule has 144 valence electrons. The lowest BCUT2D eigenvalue weighted by Crippen LogP contribution is -2.25. The highest BCUT2D eigenvalue weighted by Crippen LogP contribution is 2.19. The molecule has 2 N–H and O–H groups in total. The molecule has 0 saturated heterocycles. The molecule has 28 heavy (non-hydrogen) atoms. The zero-order valence-electron chi connectivity index (χ0n) is 15.1. The van der Waals surface area contributed by atoms with E-state index in [1.54, 1.807) is 36.4 Å². The van der Waals surface area contributed by atoms with Crippen LogP contribution in [-0.2, 0) is 11.3 Å². The second kappa shape index (κ2) is 9.48. The van der Waals surface area contributed by atoms with E-state index in [2.05, 4.69) is 31.5 Å². The monoisotopic (exact) mass is 459 g/mol. The first-order valence-electron chi connectivity index (χ1n) is 8.48. The maximum Gasteiger partial charge on any atom is 0.262 e. The van der Waals surface area contributed by atoms with Gasteiger partial charge in [0.15, 0.2) is 6.61 Å². The molecule has 6 nitrogen and oxygen atoms in total. The number of benzene rings is 2. The molecule has 0 fully saturated rings. The van der Waals surface area contributed by atoms with Crippen LogP contribution in [0.15, 0.2) is 58.4 Å². The number of aryl methyl sites for hydroxylation is 1. The van der Waals surface area contributed by atoms with Gasteiger partial charge in [0.2, 0.25) is 0 Å². The molecular weight excluding hydrogens is 442 g/mol. The van der Waals surface area contributed by atoms with Crippen molar-refractivity contribution in [1.29, 1.82) is 0 Å². The van der Waals surface area contributed by atoms with E-state index < -0.39 is 0 Å². The Labute approximate surface area is 175 Å². The molecule has 0 bridgehead atoms. The first kappa shape index (κ1) is 20.0. The van der Waals surface area contributed by atoms with Crippen LogP contribution in [0.25, 0.3) is 0 Å². The number of halogens is 1. The largest absolute Gasteiger partial charge is 0.483 e. The van der Waals surface area contributed by atoms with Crippen LogP contribution in [0.1, 0.15) is 21.1 Å². The molecule has 1 aromatic heterocycles. The van der Waals surface area contributed by atoms with Crippen molar-refractivity contribution in [2.75, 3.05) is 11.9 Å². The third-order valence-electron chi connectivity index (χ3n) is 3.69. The van der Waals surface area contributed by atoms with Gasteiger partial charge in [0, 0.05) is 21.2 Å². The average molecular weight is 460 g/mol. The van der Waals surface area contributed by atoms with Crippen molar-refractivity contribution in [2.45, 2.75) is 13.5 Å². The Bertz CT molecular complexity index is 973. The number of thiazole rings is 1. The molecule has 8 heteroatoms. The highest BCUT2D eigenvalue weighted by Gasteiger charge is 2.14. The van der Waals surface area contributed by atoms with Crippen LogP contribution in [0, 0.1) is 6.92 Å².